The van der Waals surface area contributed by atoms with Gasteiger partial charge in [0.1, 0.15) is 0 Å². The van der Waals surface area contributed by atoms with Gasteiger partial charge in [0.25, 0.3) is 5.22 Å². The van der Waals surface area contributed by atoms with Gasteiger partial charge >= 0.3 is 0 Å². The lowest BCUT2D eigenvalue weighted by atomic mass is 10.2. The number of hydrogen-bond acceptors (Lipinski definition) is 8. The number of halogens is 1. The second-order valence-electron chi connectivity index (χ2n) is 4.21. The van der Waals surface area contributed by atoms with Crippen molar-refractivity contribution in [2.45, 2.75) is 12.1 Å². The Bertz CT molecular complexity index is 774. The Kier molecular flexibility index (Phi) is 3.95. The fraction of sp³-hybridized carbons (Fsp3) is 0.154. The largest absolute Gasteiger partial charge is 0.544 e. The van der Waals surface area contributed by atoms with Crippen LogP contribution in [0.4, 0.5) is 0 Å². The number of carbonyl (C=O) groups excluding carboxylic acids is 1. The number of fused-ring (bicyclic) bond motifs is 1. The molecule has 0 bridgehead atoms. The molecule has 0 saturated heterocycles. The Hall–Kier alpha value is -2.19. The lowest BCUT2D eigenvalue weighted by Crippen LogP contribution is -2.23. The molecule has 0 radical (unpaired) electrons. The first kappa shape index (κ1) is 14.7. The third kappa shape index (κ3) is 3.02. The maximum absolute atomic E-state index is 11.3. The van der Waals surface area contributed by atoms with Crippen molar-refractivity contribution in [3.8, 4) is 11.5 Å². The zero-order valence-electron chi connectivity index (χ0n) is 11.2. The molecule has 0 unspecified atom stereocenters. The van der Waals surface area contributed by atoms with Crippen LogP contribution in [0.2, 0.25) is 5.02 Å². The fourth-order valence-electron chi connectivity index (χ4n) is 1.73. The van der Waals surface area contributed by atoms with Crippen LogP contribution in [0.15, 0.2) is 26.7 Å². The summed E-state index contributed by atoms with van der Waals surface area (Å²) in [5.74, 6) is -0.0415. The number of ether oxygens (including phenoxy) is 2. The predicted octanol–water partition coefficient (Wildman–Crippen LogP) is 1.64. The van der Waals surface area contributed by atoms with Crippen LogP contribution in [0.3, 0.4) is 0 Å². The quantitative estimate of drug-likeness (QED) is 0.612. The fourth-order valence-corrected chi connectivity index (χ4v) is 2.64. The molecule has 0 fully saturated rings. The van der Waals surface area contributed by atoms with Gasteiger partial charge in [-0.25, -0.2) is 0 Å². The number of aliphatic carboxylic acids is 1. The summed E-state index contributed by atoms with van der Waals surface area (Å²) >= 11 is 6.89. The second-order valence-corrected chi connectivity index (χ2v) is 5.61. The molecule has 114 valence electrons. The highest BCUT2D eigenvalue weighted by Crippen LogP contribution is 2.38. The summed E-state index contributed by atoms with van der Waals surface area (Å²) in [5, 5.41) is 19.1. The summed E-state index contributed by atoms with van der Waals surface area (Å²) in [7, 11) is 0. The summed E-state index contributed by atoms with van der Waals surface area (Å²) in [6.07, 6.45) is 1.35. The molecule has 1 aromatic carbocycles. The molecule has 0 aliphatic carbocycles. The van der Waals surface area contributed by atoms with E-state index in [0.717, 1.165) is 11.8 Å². The van der Waals surface area contributed by atoms with E-state index in [9.17, 15) is 9.90 Å². The maximum atomic E-state index is 11.3. The molecule has 1 aliphatic heterocycles. The third-order valence-corrected chi connectivity index (χ3v) is 3.86. The van der Waals surface area contributed by atoms with Gasteiger partial charge in [0, 0.05) is 17.9 Å². The monoisotopic (exact) mass is 339 g/mol. The summed E-state index contributed by atoms with van der Waals surface area (Å²) in [4.78, 5) is 11.2. The predicted molar refractivity (Wildman–Crippen MR) is 75.5 cm³/mol. The number of rotatable bonds is 4. The molecule has 7 nitrogen and oxygen atoms in total. The van der Waals surface area contributed by atoms with Gasteiger partial charge in [-0.3, -0.25) is 0 Å². The van der Waals surface area contributed by atoms with Crippen molar-refractivity contribution in [1.29, 1.82) is 0 Å². The number of carbonyl (C=O) groups is 1. The van der Waals surface area contributed by atoms with Crippen molar-refractivity contribution < 1.29 is 23.8 Å². The lowest BCUT2D eigenvalue weighted by molar-refractivity contribution is -0.298. The number of aryl methyl sites for hydroxylation is 1. The van der Waals surface area contributed by atoms with Crippen molar-refractivity contribution in [2.24, 2.45) is 0 Å². The van der Waals surface area contributed by atoms with Crippen LogP contribution < -0.4 is 14.6 Å². The van der Waals surface area contributed by atoms with Crippen molar-refractivity contribution in [3.63, 3.8) is 0 Å². The van der Waals surface area contributed by atoms with Gasteiger partial charge in [-0.05, 0) is 29.5 Å². The van der Waals surface area contributed by atoms with Gasteiger partial charge in [0.05, 0.1) is 11.0 Å². The molecule has 2 heterocycles. The number of carboxylic acids is 1. The van der Waals surface area contributed by atoms with E-state index in [1.54, 1.807) is 19.1 Å². The number of carboxylic acid groups (broad SMARTS) is 1. The molecule has 0 spiro atoms. The minimum absolute atomic E-state index is 0.0994. The molecule has 0 N–H and O–H groups in total. The average molecular weight is 340 g/mol. The van der Waals surface area contributed by atoms with Crippen LogP contribution in [-0.4, -0.2) is 23.0 Å². The van der Waals surface area contributed by atoms with Crippen molar-refractivity contribution in [2.75, 3.05) is 6.79 Å². The van der Waals surface area contributed by atoms with Crippen LogP contribution in [0.1, 0.15) is 11.5 Å². The van der Waals surface area contributed by atoms with Gasteiger partial charge in [-0.1, -0.05) is 11.6 Å². The zero-order valence-corrected chi connectivity index (χ0v) is 12.7. The van der Waals surface area contributed by atoms with Crippen molar-refractivity contribution in [3.05, 3.63) is 33.5 Å². The zero-order chi connectivity index (χ0) is 15.7. The number of aromatic nitrogens is 2. The highest BCUT2D eigenvalue weighted by Gasteiger charge is 2.17. The van der Waals surface area contributed by atoms with E-state index in [1.165, 1.54) is 6.08 Å². The maximum Gasteiger partial charge on any atom is 0.281 e. The molecule has 0 amide bonds. The standard InChI is InChI=1S/C13H9ClN2O5S/c1-6-15-16-13(21-6)22-11(12(17)18)3-7-2-9-10(4-8(7)14)20-5-19-9/h2-4H,5H2,1H3,(H,17,18)/p-1/b11-3-. The Morgan fingerprint density at radius 2 is 2.09 bits per heavy atom. The molecule has 1 aliphatic rings. The van der Waals surface area contributed by atoms with E-state index in [1.807, 2.05) is 0 Å². The average Bonchev–Trinajstić information content (AvgIpc) is 3.06. The molecule has 2 aromatic rings. The SMILES string of the molecule is Cc1nnc(S/C(=C\c2cc3c(cc2Cl)OCO3)C(=O)[O-])o1. The minimum Gasteiger partial charge on any atom is -0.544 e. The van der Waals surface area contributed by atoms with Crippen LogP contribution in [0.25, 0.3) is 6.08 Å². The number of hydrogen-bond donors (Lipinski definition) is 0. The second kappa shape index (κ2) is 5.90. The van der Waals surface area contributed by atoms with Gasteiger partial charge < -0.3 is 23.8 Å². The molecule has 0 atom stereocenters. The smallest absolute Gasteiger partial charge is 0.281 e. The van der Waals surface area contributed by atoms with Gasteiger partial charge in [-0.15, -0.1) is 10.2 Å². The van der Waals surface area contributed by atoms with E-state index >= 15 is 0 Å². The highest BCUT2D eigenvalue weighted by atomic mass is 35.5. The van der Waals surface area contributed by atoms with E-state index in [-0.39, 0.29) is 16.9 Å². The molecule has 9 heteroatoms. The Morgan fingerprint density at radius 1 is 1.36 bits per heavy atom. The first-order valence-electron chi connectivity index (χ1n) is 6.03. The summed E-state index contributed by atoms with van der Waals surface area (Å²) in [6.45, 7) is 1.70. The van der Waals surface area contributed by atoms with Gasteiger partial charge in [0.2, 0.25) is 12.7 Å². The van der Waals surface area contributed by atoms with Gasteiger partial charge in [-0.2, -0.15) is 0 Å². The molecule has 3 rings (SSSR count). The topological polar surface area (TPSA) is 97.5 Å². The highest BCUT2D eigenvalue weighted by molar-refractivity contribution is 8.03. The van der Waals surface area contributed by atoms with Gasteiger partial charge in [0.15, 0.2) is 11.5 Å². The summed E-state index contributed by atoms with van der Waals surface area (Å²) < 4.78 is 15.6. The number of benzene rings is 1. The van der Waals surface area contributed by atoms with E-state index < -0.39 is 5.97 Å². The van der Waals surface area contributed by atoms with E-state index in [0.29, 0.717) is 28.0 Å². The first-order chi connectivity index (χ1) is 10.5. The summed E-state index contributed by atoms with van der Waals surface area (Å²) in [5.41, 5.74) is 0.453. The van der Waals surface area contributed by atoms with Crippen LogP contribution in [-0.2, 0) is 4.79 Å². The normalized spacial score (nSPS) is 13.5. The third-order valence-electron chi connectivity index (χ3n) is 2.68. The first-order valence-corrected chi connectivity index (χ1v) is 7.22. The number of nitrogens with zero attached hydrogens (tertiary/aromatic N) is 2. The van der Waals surface area contributed by atoms with Crippen LogP contribution in [0.5, 0.6) is 11.5 Å². The van der Waals surface area contributed by atoms with E-state index in [4.69, 9.17) is 25.5 Å². The molecular formula is C13H8ClN2O5S-. The van der Waals surface area contributed by atoms with Crippen molar-refractivity contribution in [1.82, 2.24) is 10.2 Å². The lowest BCUT2D eigenvalue weighted by Gasteiger charge is -2.07. The number of thioether (sulfide) groups is 1. The Morgan fingerprint density at radius 3 is 2.73 bits per heavy atom. The van der Waals surface area contributed by atoms with Crippen LogP contribution in [0, 0.1) is 6.92 Å². The Labute approximate surface area is 133 Å². The molecule has 1 aromatic heterocycles. The van der Waals surface area contributed by atoms with Crippen LogP contribution >= 0.6 is 23.4 Å². The molecule has 0 saturated carbocycles. The summed E-state index contributed by atoms with van der Waals surface area (Å²) in [6, 6.07) is 3.15. The minimum atomic E-state index is -1.38. The van der Waals surface area contributed by atoms with E-state index in [2.05, 4.69) is 10.2 Å². The molecular weight excluding hydrogens is 332 g/mol. The molecule has 22 heavy (non-hydrogen) atoms. The Balaban J connectivity index is 1.94. The van der Waals surface area contributed by atoms with Crippen molar-refractivity contribution >= 4 is 35.4 Å².